The van der Waals surface area contributed by atoms with Crippen molar-refractivity contribution in [2.75, 3.05) is 0 Å². The van der Waals surface area contributed by atoms with Gasteiger partial charge in [0.15, 0.2) is 0 Å². The van der Waals surface area contributed by atoms with Crippen molar-refractivity contribution in [1.29, 1.82) is 0 Å². The maximum absolute atomic E-state index is 6.25. The van der Waals surface area contributed by atoms with Gasteiger partial charge in [0.05, 0.1) is 25.9 Å². The van der Waals surface area contributed by atoms with Crippen LogP contribution in [0.2, 0.25) is 0 Å². The van der Waals surface area contributed by atoms with Crippen LogP contribution in [0.15, 0.2) is 0 Å². The van der Waals surface area contributed by atoms with Crippen LogP contribution in [0, 0.1) is 0 Å². The predicted molar refractivity (Wildman–Crippen MR) is 55.3 cm³/mol. The molecule has 2 aliphatic rings. The monoisotopic (exact) mass is 266 g/mol. The van der Waals surface area contributed by atoms with E-state index in [4.69, 9.17) is 58.0 Å². The van der Waals surface area contributed by atoms with Crippen LogP contribution in [0.5, 0.6) is 0 Å². The van der Waals surface area contributed by atoms with E-state index >= 15 is 0 Å². The molecule has 0 aliphatic heterocycles. The molecular weight excluding hydrogens is 261 g/mol. The van der Waals surface area contributed by atoms with Gasteiger partial charge in [-0.1, -0.05) is 0 Å². The summed E-state index contributed by atoms with van der Waals surface area (Å²) in [5, 5.41) is -0.970. The van der Waals surface area contributed by atoms with Crippen molar-refractivity contribution in [1.82, 2.24) is 0 Å². The second kappa shape index (κ2) is 2.73. The van der Waals surface area contributed by atoms with Crippen molar-refractivity contribution in [3.63, 3.8) is 0 Å². The first-order chi connectivity index (χ1) is 5.43. The molecule has 2 rings (SSSR count). The molecule has 0 amide bonds. The van der Waals surface area contributed by atoms with Gasteiger partial charge in [-0.2, -0.15) is 0 Å². The van der Waals surface area contributed by atoms with Gasteiger partial charge in [-0.3, -0.25) is 0 Å². The van der Waals surface area contributed by atoms with Crippen LogP contribution in [0.3, 0.4) is 0 Å². The number of fused-ring (bicyclic) bond motifs is 2. The molecule has 0 N–H and O–H groups in total. The zero-order chi connectivity index (χ0) is 9.15. The van der Waals surface area contributed by atoms with Crippen LogP contribution in [-0.4, -0.2) is 25.9 Å². The molecule has 0 heterocycles. The van der Waals surface area contributed by atoms with Crippen LogP contribution in [0.4, 0.5) is 0 Å². The van der Waals surface area contributed by atoms with E-state index in [1.54, 1.807) is 0 Å². The van der Waals surface area contributed by atoms with Crippen molar-refractivity contribution < 1.29 is 0 Å². The van der Waals surface area contributed by atoms with Crippen molar-refractivity contribution in [3.05, 3.63) is 0 Å². The second-order valence-electron chi connectivity index (χ2n) is 3.52. The molecule has 0 radical (unpaired) electrons. The quantitative estimate of drug-likeness (QED) is 0.589. The normalized spacial score (nSPS) is 64.2. The standard InChI is InChI=1S/C7H7Cl5/c8-3-4(9)7(12)2-1-6(3,11)5(7)10/h3-5H,1-2H2/t3-,4+,5?,6+,7-. The van der Waals surface area contributed by atoms with Gasteiger partial charge in [-0.15, -0.1) is 58.0 Å². The summed E-state index contributed by atoms with van der Waals surface area (Å²) in [5.74, 6) is 0. The Bertz CT molecular complexity index is 198. The lowest BCUT2D eigenvalue weighted by Gasteiger charge is -2.29. The third kappa shape index (κ3) is 0.941. The average Bonchev–Trinajstić information content (AvgIpc) is 2.33. The van der Waals surface area contributed by atoms with E-state index in [0.29, 0.717) is 0 Å². The molecular formula is C7H7Cl5. The predicted octanol–water partition coefficient (Wildman–Crippen LogP) is 3.57. The Labute approximate surface area is 96.4 Å². The third-order valence-corrected chi connectivity index (χ3v) is 6.83. The molecule has 0 nitrogen and oxygen atoms in total. The van der Waals surface area contributed by atoms with Gasteiger partial charge in [0.25, 0.3) is 0 Å². The number of rotatable bonds is 0. The first kappa shape index (κ1) is 9.98. The summed E-state index contributed by atoms with van der Waals surface area (Å²) in [6, 6.07) is 0. The Kier molecular flexibility index (Phi) is 2.27. The molecule has 2 aliphatic carbocycles. The lowest BCUT2D eigenvalue weighted by atomic mass is 9.99. The van der Waals surface area contributed by atoms with E-state index in [2.05, 4.69) is 0 Å². The summed E-state index contributed by atoms with van der Waals surface area (Å²) in [6.07, 6.45) is 1.51. The molecule has 70 valence electrons. The Morgan fingerprint density at radius 1 is 0.833 bits per heavy atom. The Hall–Kier alpha value is 1.45. The zero-order valence-corrected chi connectivity index (χ0v) is 9.82. The highest BCUT2D eigenvalue weighted by Crippen LogP contribution is 2.63. The largest absolute Gasteiger partial charge is 0.119 e. The van der Waals surface area contributed by atoms with E-state index < -0.39 is 9.75 Å². The molecule has 2 bridgehead atoms. The molecule has 0 aromatic carbocycles. The highest BCUT2D eigenvalue weighted by Gasteiger charge is 2.70. The fourth-order valence-electron chi connectivity index (χ4n) is 2.08. The molecule has 2 saturated carbocycles. The van der Waals surface area contributed by atoms with E-state index in [0.717, 1.165) is 12.8 Å². The van der Waals surface area contributed by atoms with Crippen LogP contribution >= 0.6 is 58.0 Å². The second-order valence-corrected chi connectivity index (χ2v) is 6.30. The number of hydrogen-bond donors (Lipinski definition) is 0. The fourth-order valence-corrected chi connectivity index (χ4v) is 4.63. The highest BCUT2D eigenvalue weighted by molar-refractivity contribution is 6.48. The topological polar surface area (TPSA) is 0 Å². The maximum Gasteiger partial charge on any atom is 0.0806 e. The number of alkyl halides is 5. The Morgan fingerprint density at radius 3 is 1.33 bits per heavy atom. The molecule has 0 aromatic rings. The molecule has 2 fully saturated rings. The van der Waals surface area contributed by atoms with Gasteiger partial charge in [0.2, 0.25) is 0 Å². The molecule has 1 unspecified atom stereocenters. The van der Waals surface area contributed by atoms with Crippen molar-refractivity contribution >= 4 is 58.0 Å². The summed E-state index contributed by atoms with van der Waals surface area (Å²) in [4.78, 5) is -1.20. The van der Waals surface area contributed by atoms with Crippen LogP contribution < -0.4 is 0 Å². The molecule has 0 aromatic heterocycles. The van der Waals surface area contributed by atoms with Gasteiger partial charge in [-0.25, -0.2) is 0 Å². The number of halogens is 5. The summed E-state index contributed by atoms with van der Waals surface area (Å²) in [5.41, 5.74) is 0. The van der Waals surface area contributed by atoms with Gasteiger partial charge in [0, 0.05) is 0 Å². The maximum atomic E-state index is 6.25. The van der Waals surface area contributed by atoms with Gasteiger partial charge in [0.1, 0.15) is 0 Å². The highest BCUT2D eigenvalue weighted by atomic mass is 35.5. The van der Waals surface area contributed by atoms with E-state index in [1.165, 1.54) is 0 Å². The first-order valence-corrected chi connectivity index (χ1v) is 5.79. The summed E-state index contributed by atoms with van der Waals surface area (Å²) in [6.45, 7) is 0. The minimum atomic E-state index is -0.600. The molecule has 12 heavy (non-hydrogen) atoms. The van der Waals surface area contributed by atoms with Crippen molar-refractivity contribution in [3.8, 4) is 0 Å². The smallest absolute Gasteiger partial charge is 0.0806 e. The lowest BCUT2D eigenvalue weighted by molar-refractivity contribution is 0.531. The zero-order valence-electron chi connectivity index (χ0n) is 6.04. The SMILES string of the molecule is ClC1[C@]2(Cl)CC[C@@]1(Cl)[C@@H](Cl)[C@H]2Cl. The number of hydrogen-bond acceptors (Lipinski definition) is 0. The van der Waals surface area contributed by atoms with Gasteiger partial charge in [-0.05, 0) is 12.8 Å². The van der Waals surface area contributed by atoms with E-state index in [1.807, 2.05) is 0 Å². The van der Waals surface area contributed by atoms with Crippen molar-refractivity contribution in [2.45, 2.75) is 38.7 Å². The minimum Gasteiger partial charge on any atom is -0.119 e. The van der Waals surface area contributed by atoms with Crippen molar-refractivity contribution in [2.24, 2.45) is 0 Å². The van der Waals surface area contributed by atoms with Gasteiger partial charge < -0.3 is 0 Å². The minimum absolute atomic E-state index is 0.321. The van der Waals surface area contributed by atoms with Crippen LogP contribution in [0.25, 0.3) is 0 Å². The molecule has 0 saturated heterocycles. The third-order valence-electron chi connectivity index (χ3n) is 2.91. The lowest BCUT2D eigenvalue weighted by Crippen LogP contribution is -2.37. The molecule has 0 spiro atoms. The average molecular weight is 268 g/mol. The van der Waals surface area contributed by atoms with Crippen LogP contribution in [0.1, 0.15) is 12.8 Å². The Balaban J connectivity index is 2.43. The summed E-state index contributed by atoms with van der Waals surface area (Å²) in [7, 11) is 0. The summed E-state index contributed by atoms with van der Waals surface area (Å²) >= 11 is 30.7. The van der Waals surface area contributed by atoms with E-state index in [-0.39, 0.29) is 16.1 Å². The van der Waals surface area contributed by atoms with E-state index in [9.17, 15) is 0 Å². The van der Waals surface area contributed by atoms with Gasteiger partial charge >= 0.3 is 0 Å². The Morgan fingerprint density at radius 2 is 1.17 bits per heavy atom. The van der Waals surface area contributed by atoms with Crippen LogP contribution in [-0.2, 0) is 0 Å². The summed E-state index contributed by atoms with van der Waals surface area (Å²) < 4.78 is 0. The molecule has 5 heteroatoms. The first-order valence-electron chi connectivity index (χ1n) is 3.73. The fraction of sp³-hybridized carbons (Fsp3) is 1.00. The molecule has 5 atom stereocenters.